The van der Waals surface area contributed by atoms with Gasteiger partial charge in [0.05, 0.1) is 13.2 Å². The van der Waals surface area contributed by atoms with Crippen molar-refractivity contribution < 1.29 is 4.74 Å². The maximum atomic E-state index is 5.69. The summed E-state index contributed by atoms with van der Waals surface area (Å²) in [6.45, 7) is 18.0. The third kappa shape index (κ3) is 5.55. The van der Waals surface area contributed by atoms with Crippen LogP contribution in [0.25, 0.3) is 0 Å². The van der Waals surface area contributed by atoms with E-state index in [1.807, 2.05) is 6.08 Å². The Bertz CT molecular complexity index is 268. The van der Waals surface area contributed by atoms with Gasteiger partial charge < -0.3 is 10.1 Å². The topological polar surface area (TPSA) is 24.5 Å². The van der Waals surface area contributed by atoms with E-state index < -0.39 is 0 Å². The normalized spacial score (nSPS) is 25.9. The number of rotatable bonds is 9. The Labute approximate surface area is 125 Å². The predicted molar refractivity (Wildman–Crippen MR) is 87.1 cm³/mol. The van der Waals surface area contributed by atoms with Crippen LogP contribution in [0.4, 0.5) is 0 Å². The first-order chi connectivity index (χ1) is 9.60. The average molecular weight is 282 g/mol. The first-order valence-corrected chi connectivity index (χ1v) is 8.26. The van der Waals surface area contributed by atoms with Crippen LogP contribution < -0.4 is 5.32 Å². The van der Waals surface area contributed by atoms with Gasteiger partial charge in [-0.2, -0.15) is 0 Å². The molecule has 0 aromatic rings. The molecule has 1 N–H and O–H groups in total. The number of piperazine rings is 1. The molecule has 0 amide bonds. The first kappa shape index (κ1) is 17.7. The van der Waals surface area contributed by atoms with Gasteiger partial charge in [-0.3, -0.25) is 4.90 Å². The average Bonchev–Trinajstić information content (AvgIpc) is 2.45. The van der Waals surface area contributed by atoms with Crippen molar-refractivity contribution in [3.05, 3.63) is 12.7 Å². The molecule has 118 valence electrons. The quantitative estimate of drug-likeness (QED) is 0.520. The zero-order chi connectivity index (χ0) is 15.0. The van der Waals surface area contributed by atoms with Crippen molar-refractivity contribution in [3.63, 3.8) is 0 Å². The highest BCUT2D eigenvalue weighted by atomic mass is 16.5. The summed E-state index contributed by atoms with van der Waals surface area (Å²) >= 11 is 0. The molecular weight excluding hydrogens is 248 g/mol. The van der Waals surface area contributed by atoms with E-state index in [1.165, 1.54) is 6.42 Å². The molecule has 3 atom stereocenters. The van der Waals surface area contributed by atoms with Gasteiger partial charge in [0.25, 0.3) is 0 Å². The van der Waals surface area contributed by atoms with Crippen LogP contribution in [0.3, 0.4) is 0 Å². The van der Waals surface area contributed by atoms with Crippen LogP contribution in [-0.4, -0.2) is 49.8 Å². The summed E-state index contributed by atoms with van der Waals surface area (Å²) in [4.78, 5) is 2.63. The fourth-order valence-electron chi connectivity index (χ4n) is 2.88. The van der Waals surface area contributed by atoms with E-state index in [-0.39, 0.29) is 0 Å². The van der Waals surface area contributed by atoms with Gasteiger partial charge in [-0.05, 0) is 18.3 Å². The van der Waals surface area contributed by atoms with Gasteiger partial charge in [0, 0.05) is 31.7 Å². The minimum Gasteiger partial charge on any atom is -0.380 e. The highest BCUT2D eigenvalue weighted by molar-refractivity contribution is 4.89. The van der Waals surface area contributed by atoms with Crippen molar-refractivity contribution >= 4 is 0 Å². The monoisotopic (exact) mass is 282 g/mol. The predicted octanol–water partition coefficient (Wildman–Crippen LogP) is 2.92. The first-order valence-electron chi connectivity index (χ1n) is 8.26. The van der Waals surface area contributed by atoms with Crippen molar-refractivity contribution in [2.24, 2.45) is 11.8 Å². The van der Waals surface area contributed by atoms with Gasteiger partial charge in [-0.25, -0.2) is 0 Å². The van der Waals surface area contributed by atoms with Crippen molar-refractivity contribution in [2.75, 3.05) is 32.8 Å². The molecular formula is C17H34N2O. The summed E-state index contributed by atoms with van der Waals surface area (Å²) in [5, 5.41) is 3.75. The number of nitrogens with zero attached hydrogens (tertiary/aromatic N) is 1. The van der Waals surface area contributed by atoms with Crippen LogP contribution in [0.2, 0.25) is 0 Å². The molecule has 1 heterocycles. The number of hydrogen-bond donors (Lipinski definition) is 1. The second-order valence-corrected chi connectivity index (χ2v) is 6.40. The lowest BCUT2D eigenvalue weighted by atomic mass is 9.92. The van der Waals surface area contributed by atoms with Crippen LogP contribution in [0, 0.1) is 11.8 Å². The highest BCUT2D eigenvalue weighted by Crippen LogP contribution is 2.19. The SMILES string of the molecule is C=CCCOCCN1CC(C(C)CC)NCC1C(C)C. The van der Waals surface area contributed by atoms with E-state index in [0.717, 1.165) is 45.2 Å². The molecule has 0 saturated carbocycles. The van der Waals surface area contributed by atoms with E-state index in [2.05, 4.69) is 44.5 Å². The van der Waals surface area contributed by atoms with Crippen molar-refractivity contribution in [2.45, 2.75) is 52.6 Å². The fourth-order valence-corrected chi connectivity index (χ4v) is 2.88. The van der Waals surface area contributed by atoms with Gasteiger partial charge in [0.2, 0.25) is 0 Å². The molecule has 1 aliphatic rings. The maximum Gasteiger partial charge on any atom is 0.0593 e. The molecule has 3 unspecified atom stereocenters. The smallest absolute Gasteiger partial charge is 0.0593 e. The maximum absolute atomic E-state index is 5.69. The van der Waals surface area contributed by atoms with Crippen molar-refractivity contribution in [3.8, 4) is 0 Å². The standard InChI is InChI=1S/C17H34N2O/c1-6-8-10-20-11-9-19-13-16(15(5)7-2)18-12-17(19)14(3)4/h6,14-18H,1,7-13H2,2-5H3. The third-order valence-corrected chi connectivity index (χ3v) is 4.58. The Hall–Kier alpha value is -0.380. The van der Waals surface area contributed by atoms with Crippen LogP contribution in [-0.2, 0) is 4.74 Å². The lowest BCUT2D eigenvalue weighted by Crippen LogP contribution is -2.60. The molecule has 0 aliphatic carbocycles. The van der Waals surface area contributed by atoms with E-state index in [4.69, 9.17) is 4.74 Å². The van der Waals surface area contributed by atoms with E-state index in [9.17, 15) is 0 Å². The molecule has 0 radical (unpaired) electrons. The number of ether oxygens (including phenoxy) is 1. The Balaban J connectivity index is 2.44. The summed E-state index contributed by atoms with van der Waals surface area (Å²) in [7, 11) is 0. The van der Waals surface area contributed by atoms with Crippen molar-refractivity contribution in [1.29, 1.82) is 0 Å². The van der Waals surface area contributed by atoms with E-state index >= 15 is 0 Å². The molecule has 0 aromatic heterocycles. The Morgan fingerprint density at radius 2 is 2.10 bits per heavy atom. The second-order valence-electron chi connectivity index (χ2n) is 6.40. The van der Waals surface area contributed by atoms with Gasteiger partial charge >= 0.3 is 0 Å². The van der Waals surface area contributed by atoms with Crippen LogP contribution in [0.1, 0.15) is 40.5 Å². The molecule has 1 fully saturated rings. The van der Waals surface area contributed by atoms with E-state index in [0.29, 0.717) is 18.0 Å². The molecule has 3 heteroatoms. The lowest BCUT2D eigenvalue weighted by molar-refractivity contribution is 0.0431. The number of hydrogen-bond acceptors (Lipinski definition) is 3. The number of nitrogens with one attached hydrogen (secondary N) is 1. The molecule has 0 bridgehead atoms. The Morgan fingerprint density at radius 3 is 2.70 bits per heavy atom. The molecule has 20 heavy (non-hydrogen) atoms. The van der Waals surface area contributed by atoms with Crippen LogP contribution >= 0.6 is 0 Å². The highest BCUT2D eigenvalue weighted by Gasteiger charge is 2.31. The van der Waals surface area contributed by atoms with Gasteiger partial charge in [0.15, 0.2) is 0 Å². The van der Waals surface area contributed by atoms with E-state index in [1.54, 1.807) is 0 Å². The van der Waals surface area contributed by atoms with Crippen molar-refractivity contribution in [1.82, 2.24) is 10.2 Å². The summed E-state index contributed by atoms with van der Waals surface area (Å²) in [5.41, 5.74) is 0. The molecule has 1 aliphatic heterocycles. The van der Waals surface area contributed by atoms with Gasteiger partial charge in [0.1, 0.15) is 0 Å². The minimum atomic E-state index is 0.628. The molecule has 0 aromatic carbocycles. The molecule has 0 spiro atoms. The van der Waals surface area contributed by atoms with Crippen LogP contribution in [0.5, 0.6) is 0 Å². The summed E-state index contributed by atoms with van der Waals surface area (Å²) < 4.78 is 5.69. The van der Waals surface area contributed by atoms with Gasteiger partial charge in [-0.15, -0.1) is 6.58 Å². The lowest BCUT2D eigenvalue weighted by Gasteiger charge is -2.44. The van der Waals surface area contributed by atoms with Crippen LogP contribution in [0.15, 0.2) is 12.7 Å². The zero-order valence-electron chi connectivity index (χ0n) is 13.9. The molecule has 1 saturated heterocycles. The fraction of sp³-hybridized carbons (Fsp3) is 0.882. The summed E-state index contributed by atoms with van der Waals surface area (Å²) in [6, 6.07) is 1.27. The summed E-state index contributed by atoms with van der Waals surface area (Å²) in [6.07, 6.45) is 4.11. The summed E-state index contributed by atoms with van der Waals surface area (Å²) in [5.74, 6) is 1.43. The Morgan fingerprint density at radius 1 is 1.35 bits per heavy atom. The molecule has 1 rings (SSSR count). The molecule has 3 nitrogen and oxygen atoms in total. The third-order valence-electron chi connectivity index (χ3n) is 4.58. The van der Waals surface area contributed by atoms with Gasteiger partial charge in [-0.1, -0.05) is 40.2 Å². The zero-order valence-corrected chi connectivity index (χ0v) is 13.9. The minimum absolute atomic E-state index is 0.628. The largest absolute Gasteiger partial charge is 0.380 e. The second kappa shape index (κ2) is 9.54. The Kier molecular flexibility index (Phi) is 8.43.